The van der Waals surface area contributed by atoms with E-state index >= 15 is 0 Å². The van der Waals surface area contributed by atoms with Gasteiger partial charge in [-0.3, -0.25) is 9.59 Å². The van der Waals surface area contributed by atoms with Crippen molar-refractivity contribution in [3.8, 4) is 5.75 Å². The van der Waals surface area contributed by atoms with Gasteiger partial charge in [0.05, 0.1) is 4.47 Å². The number of nitrogens with zero attached hydrogens (tertiary/aromatic N) is 1. The van der Waals surface area contributed by atoms with Crippen molar-refractivity contribution in [3.05, 3.63) is 76.3 Å². The molecule has 0 aliphatic heterocycles. The van der Waals surface area contributed by atoms with Crippen LogP contribution >= 0.6 is 15.9 Å². The summed E-state index contributed by atoms with van der Waals surface area (Å²) in [5.74, 6) is 0.159. The number of hydrogen-bond acceptors (Lipinski definition) is 3. The van der Waals surface area contributed by atoms with E-state index in [1.165, 1.54) is 0 Å². The van der Waals surface area contributed by atoms with E-state index in [2.05, 4.69) is 21.2 Å². The van der Waals surface area contributed by atoms with Gasteiger partial charge in [-0.2, -0.15) is 0 Å². The molecule has 0 aromatic heterocycles. The lowest BCUT2D eigenvalue weighted by Crippen LogP contribution is -2.49. The van der Waals surface area contributed by atoms with E-state index in [4.69, 9.17) is 4.74 Å². The number of carbonyl (C=O) groups is 2. The average Bonchev–Trinajstić information content (AvgIpc) is 2.78. The first-order chi connectivity index (χ1) is 14.9. The molecule has 162 valence electrons. The second kappa shape index (κ2) is 10.4. The molecule has 5 nitrogen and oxygen atoms in total. The third kappa shape index (κ3) is 5.44. The largest absolute Gasteiger partial charge is 0.483 e. The van der Waals surface area contributed by atoms with Crippen molar-refractivity contribution in [3.63, 3.8) is 0 Å². The molecule has 3 aromatic carbocycles. The first-order valence-electron chi connectivity index (χ1n) is 10.3. The molecule has 0 saturated heterocycles. The van der Waals surface area contributed by atoms with Crippen LogP contribution in [0.1, 0.15) is 25.0 Å². The molecular weight excluding hydrogens is 456 g/mol. The molecule has 0 saturated carbocycles. The Kier molecular flexibility index (Phi) is 7.69. The Morgan fingerprint density at radius 3 is 2.52 bits per heavy atom. The Morgan fingerprint density at radius 1 is 1.06 bits per heavy atom. The van der Waals surface area contributed by atoms with Gasteiger partial charge in [0.25, 0.3) is 5.91 Å². The number of fused-ring (bicyclic) bond motifs is 1. The van der Waals surface area contributed by atoms with Crippen LogP contribution < -0.4 is 10.1 Å². The van der Waals surface area contributed by atoms with Gasteiger partial charge in [0, 0.05) is 13.1 Å². The SMILES string of the molecule is CCNC(=O)[C@H](C)N(Cc1ccccc1C)C(=O)COc1ccc2ccccc2c1Br. The minimum atomic E-state index is -0.615. The molecule has 0 radical (unpaired) electrons. The lowest BCUT2D eigenvalue weighted by atomic mass is 10.1. The summed E-state index contributed by atoms with van der Waals surface area (Å²) in [4.78, 5) is 27.2. The van der Waals surface area contributed by atoms with Crippen molar-refractivity contribution >= 4 is 38.5 Å². The number of rotatable bonds is 8. The van der Waals surface area contributed by atoms with Crippen LogP contribution in [0.5, 0.6) is 5.75 Å². The molecule has 0 aliphatic rings. The van der Waals surface area contributed by atoms with Crippen molar-refractivity contribution in [1.82, 2.24) is 10.2 Å². The second-order valence-electron chi connectivity index (χ2n) is 7.41. The molecule has 0 bridgehead atoms. The Bertz CT molecular complexity index is 1080. The summed E-state index contributed by atoms with van der Waals surface area (Å²) in [7, 11) is 0. The summed E-state index contributed by atoms with van der Waals surface area (Å²) in [6.07, 6.45) is 0. The summed E-state index contributed by atoms with van der Waals surface area (Å²) in [6, 6.07) is 19.0. The van der Waals surface area contributed by atoms with Crippen molar-refractivity contribution in [2.45, 2.75) is 33.4 Å². The third-order valence-corrected chi connectivity index (χ3v) is 6.12. The molecular formula is C25H27BrN2O3. The molecule has 31 heavy (non-hydrogen) atoms. The van der Waals surface area contributed by atoms with E-state index in [9.17, 15) is 9.59 Å². The highest BCUT2D eigenvalue weighted by Crippen LogP contribution is 2.33. The molecule has 0 aliphatic carbocycles. The monoisotopic (exact) mass is 482 g/mol. The molecule has 3 rings (SSSR count). The second-order valence-corrected chi connectivity index (χ2v) is 8.20. The van der Waals surface area contributed by atoms with Crippen LogP contribution in [0.15, 0.2) is 65.1 Å². The van der Waals surface area contributed by atoms with E-state index in [0.29, 0.717) is 18.8 Å². The van der Waals surface area contributed by atoms with Crippen molar-refractivity contribution < 1.29 is 14.3 Å². The maximum atomic E-state index is 13.2. The van der Waals surface area contributed by atoms with Gasteiger partial charge >= 0.3 is 0 Å². The number of likely N-dealkylation sites (N-methyl/N-ethyl adjacent to an activating group) is 1. The number of aryl methyl sites for hydroxylation is 1. The van der Waals surface area contributed by atoms with Crippen LogP contribution in [0.3, 0.4) is 0 Å². The summed E-state index contributed by atoms with van der Waals surface area (Å²) >= 11 is 3.59. The number of amides is 2. The van der Waals surface area contributed by atoms with E-state index < -0.39 is 6.04 Å². The Morgan fingerprint density at radius 2 is 1.77 bits per heavy atom. The topological polar surface area (TPSA) is 58.6 Å². The van der Waals surface area contributed by atoms with Gasteiger partial charge in [-0.1, -0.05) is 54.6 Å². The van der Waals surface area contributed by atoms with Crippen molar-refractivity contribution in [2.75, 3.05) is 13.2 Å². The highest BCUT2D eigenvalue weighted by molar-refractivity contribution is 9.10. The zero-order valence-corrected chi connectivity index (χ0v) is 19.6. The summed E-state index contributed by atoms with van der Waals surface area (Å²) < 4.78 is 6.68. The minimum absolute atomic E-state index is 0.160. The zero-order valence-electron chi connectivity index (χ0n) is 18.0. The fraction of sp³-hybridized carbons (Fsp3) is 0.280. The number of nitrogens with one attached hydrogen (secondary N) is 1. The molecule has 0 heterocycles. The van der Waals surface area contributed by atoms with Crippen LogP contribution in [0.2, 0.25) is 0 Å². The van der Waals surface area contributed by atoms with E-state index in [1.807, 2.05) is 74.5 Å². The van der Waals surface area contributed by atoms with Gasteiger partial charge in [-0.15, -0.1) is 0 Å². The summed E-state index contributed by atoms with van der Waals surface area (Å²) in [5.41, 5.74) is 2.07. The predicted octanol–water partition coefficient (Wildman–Crippen LogP) is 4.84. The normalized spacial score (nSPS) is 11.7. The maximum absolute atomic E-state index is 13.2. The van der Waals surface area contributed by atoms with E-state index in [1.54, 1.807) is 11.8 Å². The number of carbonyl (C=O) groups excluding carboxylic acids is 2. The van der Waals surface area contributed by atoms with Gasteiger partial charge in [0.1, 0.15) is 11.8 Å². The molecule has 1 N–H and O–H groups in total. The van der Waals surface area contributed by atoms with Crippen LogP contribution in [-0.4, -0.2) is 35.9 Å². The Hall–Kier alpha value is -2.86. The van der Waals surface area contributed by atoms with Gasteiger partial charge < -0.3 is 15.0 Å². The quantitative estimate of drug-likeness (QED) is 0.499. The summed E-state index contributed by atoms with van der Waals surface area (Å²) in [6.45, 7) is 6.29. The van der Waals surface area contributed by atoms with Crippen LogP contribution in [0.25, 0.3) is 10.8 Å². The standard InChI is InChI=1S/C25H27BrN2O3/c1-4-27-25(30)18(3)28(15-20-11-6-5-9-17(20)2)23(29)16-31-22-14-13-19-10-7-8-12-21(19)24(22)26/h5-14,18H,4,15-16H2,1-3H3,(H,27,30)/t18-/m0/s1. The first-order valence-corrected chi connectivity index (χ1v) is 11.1. The number of ether oxygens (including phenoxy) is 1. The average molecular weight is 483 g/mol. The summed E-state index contributed by atoms with van der Waals surface area (Å²) in [5, 5.41) is 4.90. The number of hydrogen-bond donors (Lipinski definition) is 1. The lowest BCUT2D eigenvalue weighted by Gasteiger charge is -2.29. The van der Waals surface area contributed by atoms with Gasteiger partial charge in [0.15, 0.2) is 6.61 Å². The van der Waals surface area contributed by atoms with Crippen LogP contribution in [0, 0.1) is 6.92 Å². The fourth-order valence-corrected chi connectivity index (χ4v) is 4.03. The van der Waals surface area contributed by atoms with Crippen LogP contribution in [0.4, 0.5) is 0 Å². The molecule has 2 amide bonds. The fourth-order valence-electron chi connectivity index (χ4n) is 3.42. The van der Waals surface area contributed by atoms with E-state index in [0.717, 1.165) is 26.4 Å². The Labute approximate surface area is 191 Å². The number of halogens is 1. The van der Waals surface area contributed by atoms with Gasteiger partial charge in [-0.05, 0) is 64.7 Å². The highest BCUT2D eigenvalue weighted by atomic mass is 79.9. The predicted molar refractivity (Wildman–Crippen MR) is 127 cm³/mol. The smallest absolute Gasteiger partial charge is 0.261 e. The molecule has 0 unspecified atom stereocenters. The molecule has 1 atom stereocenters. The molecule has 3 aromatic rings. The van der Waals surface area contributed by atoms with Crippen molar-refractivity contribution in [1.29, 1.82) is 0 Å². The lowest BCUT2D eigenvalue weighted by molar-refractivity contribution is -0.142. The Balaban J connectivity index is 1.80. The third-order valence-electron chi connectivity index (χ3n) is 5.30. The van der Waals surface area contributed by atoms with Gasteiger partial charge in [-0.25, -0.2) is 0 Å². The minimum Gasteiger partial charge on any atom is -0.483 e. The zero-order chi connectivity index (χ0) is 22.4. The van der Waals surface area contributed by atoms with Crippen molar-refractivity contribution in [2.24, 2.45) is 0 Å². The van der Waals surface area contributed by atoms with Crippen LogP contribution in [-0.2, 0) is 16.1 Å². The molecule has 0 fully saturated rings. The highest BCUT2D eigenvalue weighted by Gasteiger charge is 2.26. The van der Waals surface area contributed by atoms with E-state index in [-0.39, 0.29) is 18.4 Å². The van der Waals surface area contributed by atoms with Gasteiger partial charge in [0.2, 0.25) is 5.91 Å². The molecule has 6 heteroatoms. The molecule has 0 spiro atoms. The number of benzene rings is 3. The maximum Gasteiger partial charge on any atom is 0.261 e. The first kappa shape index (κ1) is 22.8.